The molecule has 0 saturated carbocycles. The Morgan fingerprint density at radius 2 is 2.11 bits per heavy atom. The van der Waals surface area contributed by atoms with Crippen LogP contribution in [0, 0.1) is 5.41 Å². The Morgan fingerprint density at radius 1 is 1.32 bits per heavy atom. The van der Waals surface area contributed by atoms with Crippen LogP contribution >= 0.6 is 0 Å². The lowest BCUT2D eigenvalue weighted by atomic mass is 9.81. The highest BCUT2D eigenvalue weighted by Crippen LogP contribution is 2.29. The van der Waals surface area contributed by atoms with Crippen LogP contribution in [0.1, 0.15) is 53.4 Å². The van der Waals surface area contributed by atoms with E-state index in [2.05, 4.69) is 37.9 Å². The second-order valence-corrected chi connectivity index (χ2v) is 6.41. The van der Waals surface area contributed by atoms with Crippen LogP contribution in [0.5, 0.6) is 0 Å². The van der Waals surface area contributed by atoms with Gasteiger partial charge in [0.15, 0.2) is 0 Å². The van der Waals surface area contributed by atoms with Crippen molar-refractivity contribution >= 4 is 0 Å². The molecule has 19 heavy (non-hydrogen) atoms. The van der Waals surface area contributed by atoms with Crippen molar-refractivity contribution in [3.05, 3.63) is 0 Å². The molecule has 1 fully saturated rings. The molecule has 0 aromatic heterocycles. The van der Waals surface area contributed by atoms with Crippen molar-refractivity contribution in [2.45, 2.75) is 59.4 Å². The molecule has 1 unspecified atom stereocenters. The van der Waals surface area contributed by atoms with Gasteiger partial charge in [0.2, 0.25) is 0 Å². The molecule has 0 aromatic rings. The molecule has 3 nitrogen and oxygen atoms in total. The quantitative estimate of drug-likeness (QED) is 0.697. The molecule has 0 aromatic carbocycles. The van der Waals surface area contributed by atoms with Crippen molar-refractivity contribution in [3.63, 3.8) is 0 Å². The SMILES string of the molecule is CCCCN(CC)CC1(CNC(C)C)CCCOC1. The summed E-state index contributed by atoms with van der Waals surface area (Å²) in [4.78, 5) is 2.61. The maximum atomic E-state index is 5.80. The number of rotatable bonds is 9. The summed E-state index contributed by atoms with van der Waals surface area (Å²) in [5.41, 5.74) is 0.326. The van der Waals surface area contributed by atoms with E-state index in [1.54, 1.807) is 0 Å². The van der Waals surface area contributed by atoms with Crippen LogP contribution in [-0.4, -0.2) is 50.3 Å². The molecule has 0 radical (unpaired) electrons. The zero-order valence-corrected chi connectivity index (χ0v) is 13.5. The molecular formula is C16H34N2O. The van der Waals surface area contributed by atoms with Crippen LogP contribution in [0.25, 0.3) is 0 Å². The molecule has 1 rings (SSSR count). The van der Waals surface area contributed by atoms with Crippen molar-refractivity contribution < 1.29 is 4.74 Å². The van der Waals surface area contributed by atoms with E-state index in [-0.39, 0.29) is 0 Å². The largest absolute Gasteiger partial charge is 0.381 e. The first-order valence-corrected chi connectivity index (χ1v) is 8.15. The van der Waals surface area contributed by atoms with Crippen LogP contribution in [0.3, 0.4) is 0 Å². The zero-order chi connectivity index (χ0) is 14.1. The summed E-state index contributed by atoms with van der Waals surface area (Å²) < 4.78 is 5.80. The van der Waals surface area contributed by atoms with Gasteiger partial charge in [-0.05, 0) is 32.4 Å². The third-order valence-electron chi connectivity index (χ3n) is 4.12. The third-order valence-corrected chi connectivity index (χ3v) is 4.12. The van der Waals surface area contributed by atoms with E-state index >= 15 is 0 Å². The van der Waals surface area contributed by atoms with Crippen molar-refractivity contribution in [1.29, 1.82) is 0 Å². The zero-order valence-electron chi connectivity index (χ0n) is 13.5. The van der Waals surface area contributed by atoms with E-state index < -0.39 is 0 Å². The van der Waals surface area contributed by atoms with Crippen molar-refractivity contribution in [1.82, 2.24) is 10.2 Å². The van der Waals surface area contributed by atoms with E-state index in [0.29, 0.717) is 11.5 Å². The van der Waals surface area contributed by atoms with E-state index in [1.807, 2.05) is 0 Å². The lowest BCUT2D eigenvalue weighted by molar-refractivity contribution is -0.0265. The molecule has 1 saturated heterocycles. The first-order chi connectivity index (χ1) is 9.12. The molecule has 3 heteroatoms. The summed E-state index contributed by atoms with van der Waals surface area (Å²) in [7, 11) is 0. The molecule has 0 bridgehead atoms. The van der Waals surface area contributed by atoms with Crippen molar-refractivity contribution in [3.8, 4) is 0 Å². The minimum atomic E-state index is 0.326. The molecule has 0 amide bonds. The Balaban J connectivity index is 2.55. The number of hydrogen-bond donors (Lipinski definition) is 1. The number of nitrogens with zero attached hydrogens (tertiary/aromatic N) is 1. The number of nitrogens with one attached hydrogen (secondary N) is 1. The average Bonchev–Trinajstić information content (AvgIpc) is 2.42. The summed E-state index contributed by atoms with van der Waals surface area (Å²) in [6.07, 6.45) is 5.10. The van der Waals surface area contributed by atoms with Gasteiger partial charge in [0.05, 0.1) is 6.61 Å². The third kappa shape index (κ3) is 6.24. The first-order valence-electron chi connectivity index (χ1n) is 8.15. The summed E-state index contributed by atoms with van der Waals surface area (Å²) >= 11 is 0. The van der Waals surface area contributed by atoms with Crippen molar-refractivity contribution in [2.24, 2.45) is 5.41 Å². The number of unbranched alkanes of at least 4 members (excludes halogenated alkanes) is 1. The highest BCUT2D eigenvalue weighted by atomic mass is 16.5. The Hall–Kier alpha value is -0.120. The summed E-state index contributed by atoms with van der Waals surface area (Å²) in [5.74, 6) is 0. The van der Waals surface area contributed by atoms with Crippen LogP contribution < -0.4 is 5.32 Å². The van der Waals surface area contributed by atoms with Gasteiger partial charge in [0.25, 0.3) is 0 Å². The van der Waals surface area contributed by atoms with Gasteiger partial charge in [-0.25, -0.2) is 0 Å². The monoisotopic (exact) mass is 270 g/mol. The first kappa shape index (κ1) is 16.9. The van der Waals surface area contributed by atoms with Crippen LogP contribution in [0.4, 0.5) is 0 Å². The minimum Gasteiger partial charge on any atom is -0.381 e. The van der Waals surface area contributed by atoms with Gasteiger partial charge >= 0.3 is 0 Å². The summed E-state index contributed by atoms with van der Waals surface area (Å²) in [6.45, 7) is 15.5. The Bertz CT molecular complexity index is 225. The van der Waals surface area contributed by atoms with Crippen molar-refractivity contribution in [2.75, 3.05) is 39.4 Å². The van der Waals surface area contributed by atoms with Crippen LogP contribution in [0.15, 0.2) is 0 Å². The van der Waals surface area contributed by atoms with E-state index in [4.69, 9.17) is 4.74 Å². The van der Waals surface area contributed by atoms with Crippen LogP contribution in [-0.2, 0) is 4.74 Å². The number of hydrogen-bond acceptors (Lipinski definition) is 3. The van der Waals surface area contributed by atoms with Gasteiger partial charge in [-0.15, -0.1) is 0 Å². The molecule has 1 heterocycles. The predicted molar refractivity (Wildman–Crippen MR) is 82.6 cm³/mol. The van der Waals surface area contributed by atoms with Gasteiger partial charge in [-0.2, -0.15) is 0 Å². The fraction of sp³-hybridized carbons (Fsp3) is 1.00. The van der Waals surface area contributed by atoms with Gasteiger partial charge in [-0.1, -0.05) is 34.1 Å². The number of ether oxygens (including phenoxy) is 1. The normalized spacial score (nSPS) is 24.3. The van der Waals surface area contributed by atoms with E-state index in [9.17, 15) is 0 Å². The lowest BCUT2D eigenvalue weighted by Crippen LogP contribution is -2.50. The predicted octanol–water partition coefficient (Wildman–Crippen LogP) is 2.90. The topological polar surface area (TPSA) is 24.5 Å². The van der Waals surface area contributed by atoms with Crippen LogP contribution in [0.2, 0.25) is 0 Å². The Labute approximate surface area is 120 Å². The molecule has 114 valence electrons. The molecule has 1 N–H and O–H groups in total. The summed E-state index contributed by atoms with van der Waals surface area (Å²) in [6, 6.07) is 0.560. The standard InChI is InChI=1S/C16H34N2O/c1-5-7-10-18(6-2)13-16(12-17-15(3)4)9-8-11-19-14-16/h15,17H,5-14H2,1-4H3. The maximum absolute atomic E-state index is 5.80. The molecule has 1 aliphatic rings. The van der Waals surface area contributed by atoms with E-state index in [0.717, 1.165) is 26.3 Å². The molecule has 0 spiro atoms. The van der Waals surface area contributed by atoms with Gasteiger partial charge in [0.1, 0.15) is 0 Å². The Morgan fingerprint density at radius 3 is 2.63 bits per heavy atom. The van der Waals surface area contributed by atoms with E-state index in [1.165, 1.54) is 38.8 Å². The molecular weight excluding hydrogens is 236 g/mol. The average molecular weight is 270 g/mol. The minimum absolute atomic E-state index is 0.326. The van der Waals surface area contributed by atoms with Gasteiger partial charge in [0, 0.05) is 31.2 Å². The molecule has 1 aliphatic heterocycles. The molecule has 1 atom stereocenters. The lowest BCUT2D eigenvalue weighted by Gasteiger charge is -2.41. The van der Waals surface area contributed by atoms with Gasteiger partial charge < -0.3 is 15.0 Å². The smallest absolute Gasteiger partial charge is 0.0546 e. The van der Waals surface area contributed by atoms with Gasteiger partial charge in [-0.3, -0.25) is 0 Å². The second kappa shape index (κ2) is 8.93. The Kier molecular flexibility index (Phi) is 7.96. The second-order valence-electron chi connectivity index (χ2n) is 6.41. The fourth-order valence-corrected chi connectivity index (χ4v) is 2.86. The fourth-order valence-electron chi connectivity index (χ4n) is 2.86. The maximum Gasteiger partial charge on any atom is 0.0546 e. The summed E-state index contributed by atoms with van der Waals surface area (Å²) in [5, 5.41) is 3.63. The molecule has 0 aliphatic carbocycles. The highest BCUT2D eigenvalue weighted by molar-refractivity contribution is 4.87. The highest BCUT2D eigenvalue weighted by Gasteiger charge is 2.34.